The lowest BCUT2D eigenvalue weighted by molar-refractivity contribution is -0.134. The number of piperazine rings is 1. The van der Waals surface area contributed by atoms with Gasteiger partial charge in [0, 0.05) is 44.1 Å². The molecule has 0 spiro atoms. The molecule has 1 aliphatic heterocycles. The number of hydrogen-bond acceptors (Lipinski definition) is 5. The van der Waals surface area contributed by atoms with Crippen molar-refractivity contribution in [3.05, 3.63) is 77.9 Å². The first-order chi connectivity index (χ1) is 16.6. The predicted molar refractivity (Wildman–Crippen MR) is 134 cm³/mol. The third-order valence-electron chi connectivity index (χ3n) is 5.58. The molecule has 0 atom stereocenters. The third kappa shape index (κ3) is 6.43. The van der Waals surface area contributed by atoms with Gasteiger partial charge in [0.25, 0.3) is 5.97 Å². The van der Waals surface area contributed by atoms with Gasteiger partial charge in [-0.3, -0.25) is 15.0 Å². The van der Waals surface area contributed by atoms with Crippen molar-refractivity contribution < 1.29 is 23.1 Å². The van der Waals surface area contributed by atoms with Crippen molar-refractivity contribution in [1.82, 2.24) is 9.21 Å². The zero-order chi connectivity index (χ0) is 25.6. The number of nitrogens with two attached hydrogens (primary N) is 1. The second kappa shape index (κ2) is 11.1. The lowest BCUT2D eigenvalue weighted by Crippen LogP contribution is -2.50. The molecule has 0 aromatic heterocycles. The molecule has 1 amide bonds. The van der Waals surface area contributed by atoms with Crippen molar-refractivity contribution >= 4 is 38.5 Å². The Morgan fingerprint density at radius 1 is 0.943 bits per heavy atom. The van der Waals surface area contributed by atoms with E-state index in [2.05, 4.69) is 0 Å². The van der Waals surface area contributed by atoms with Gasteiger partial charge >= 0.3 is 0 Å². The van der Waals surface area contributed by atoms with Gasteiger partial charge in [0.15, 0.2) is 0 Å². The predicted octanol–water partition coefficient (Wildman–Crippen LogP) is 2.29. The maximum Gasteiger partial charge on any atom is 0.300 e. The number of carbonyl (C=O) groups excluding carboxylic acids is 1. The topological polar surface area (TPSA) is 145 Å². The number of sulfonamides is 1. The van der Waals surface area contributed by atoms with Crippen LogP contribution in [0.4, 0.5) is 0 Å². The highest BCUT2D eigenvalue weighted by atomic mass is 32.2. The third-order valence-corrected chi connectivity index (χ3v) is 7.54. The van der Waals surface area contributed by atoms with Crippen molar-refractivity contribution in [3.8, 4) is 0 Å². The van der Waals surface area contributed by atoms with Crippen LogP contribution in [0.25, 0.3) is 10.8 Å². The van der Waals surface area contributed by atoms with Crippen LogP contribution in [0.3, 0.4) is 0 Å². The quantitative estimate of drug-likeness (QED) is 0.365. The molecule has 0 aliphatic carbocycles. The molecule has 1 heterocycles. The maximum atomic E-state index is 13.3. The summed E-state index contributed by atoms with van der Waals surface area (Å²) in [6, 6.07) is 19.7. The first-order valence-electron chi connectivity index (χ1n) is 11.0. The molecule has 184 valence electrons. The molecular formula is C25H28N4O5S. The van der Waals surface area contributed by atoms with E-state index in [-0.39, 0.29) is 31.3 Å². The van der Waals surface area contributed by atoms with Crippen molar-refractivity contribution in [2.24, 2.45) is 5.73 Å². The highest BCUT2D eigenvalue weighted by Crippen LogP contribution is 2.26. The number of nitrogens with one attached hydrogen (secondary N) is 1. The molecule has 0 bridgehead atoms. The minimum atomic E-state index is -3.65. The van der Waals surface area contributed by atoms with E-state index in [1.807, 2.05) is 30.3 Å². The van der Waals surface area contributed by atoms with E-state index < -0.39 is 16.0 Å². The van der Waals surface area contributed by atoms with Crippen LogP contribution >= 0.6 is 0 Å². The van der Waals surface area contributed by atoms with Crippen LogP contribution < -0.4 is 5.73 Å². The molecule has 0 unspecified atom stereocenters. The van der Waals surface area contributed by atoms with Crippen LogP contribution in [0.1, 0.15) is 18.1 Å². The number of carbonyl (C=O) groups is 2. The van der Waals surface area contributed by atoms with Crippen LogP contribution in [-0.4, -0.2) is 66.6 Å². The number of nitrogen functional groups attached to an aromatic ring is 1. The summed E-state index contributed by atoms with van der Waals surface area (Å²) in [5, 5.41) is 16.4. The monoisotopic (exact) mass is 496 g/mol. The SMILES string of the molecule is CC(=O)O.N=C(N)c1ccc(CC(=O)N2CCN(S(=O)(=O)c3cccc4ccccc34)CC2)cc1. The van der Waals surface area contributed by atoms with Crippen molar-refractivity contribution in [2.75, 3.05) is 26.2 Å². The summed E-state index contributed by atoms with van der Waals surface area (Å²) in [5.74, 6) is -0.890. The number of carboxylic acids is 1. The van der Waals surface area contributed by atoms with Gasteiger partial charge in [-0.2, -0.15) is 4.31 Å². The molecule has 0 radical (unpaired) electrons. The largest absolute Gasteiger partial charge is 0.481 e. The fourth-order valence-electron chi connectivity index (χ4n) is 3.83. The number of amidine groups is 1. The van der Waals surface area contributed by atoms with Gasteiger partial charge < -0.3 is 15.7 Å². The molecular weight excluding hydrogens is 468 g/mol. The number of nitrogens with zero attached hydrogens (tertiary/aromatic N) is 2. The van der Waals surface area contributed by atoms with E-state index >= 15 is 0 Å². The molecule has 1 fully saturated rings. The summed E-state index contributed by atoms with van der Waals surface area (Å²) in [4.78, 5) is 23.7. The van der Waals surface area contributed by atoms with Gasteiger partial charge in [-0.05, 0) is 17.0 Å². The van der Waals surface area contributed by atoms with Crippen molar-refractivity contribution in [1.29, 1.82) is 5.41 Å². The van der Waals surface area contributed by atoms with E-state index in [1.54, 1.807) is 41.3 Å². The second-order valence-corrected chi connectivity index (χ2v) is 9.97. The average Bonchev–Trinajstić information content (AvgIpc) is 2.83. The van der Waals surface area contributed by atoms with Gasteiger partial charge in [-0.1, -0.05) is 60.7 Å². The Hall–Kier alpha value is -3.76. The summed E-state index contributed by atoms with van der Waals surface area (Å²) < 4.78 is 28.0. The molecule has 3 aromatic carbocycles. The fraction of sp³-hybridized carbons (Fsp3) is 0.240. The van der Waals surface area contributed by atoms with Gasteiger partial charge in [0.1, 0.15) is 5.84 Å². The summed E-state index contributed by atoms with van der Waals surface area (Å²) in [5.41, 5.74) is 6.91. The Kier molecular flexibility index (Phi) is 8.21. The van der Waals surface area contributed by atoms with Crippen LogP contribution in [0.2, 0.25) is 0 Å². The number of rotatable bonds is 5. The number of fused-ring (bicyclic) bond motifs is 1. The Morgan fingerprint density at radius 3 is 2.11 bits per heavy atom. The molecule has 3 aromatic rings. The molecule has 35 heavy (non-hydrogen) atoms. The lowest BCUT2D eigenvalue weighted by Gasteiger charge is -2.34. The minimum absolute atomic E-state index is 0.0126. The first-order valence-corrected chi connectivity index (χ1v) is 12.4. The van der Waals surface area contributed by atoms with E-state index in [0.29, 0.717) is 28.9 Å². The molecule has 0 saturated carbocycles. The standard InChI is InChI=1S/C23H24N4O3S.C2H4O2/c24-23(25)19-10-8-17(9-11-19)16-22(28)26-12-14-27(15-13-26)31(29,30)21-7-3-5-18-4-1-2-6-20(18)21;1-2(3)4/h1-11H,12-16H2,(H3,24,25);1H3,(H,3,4). The summed E-state index contributed by atoms with van der Waals surface area (Å²) in [6.07, 6.45) is 0.230. The van der Waals surface area contributed by atoms with Crippen LogP contribution in [-0.2, 0) is 26.0 Å². The summed E-state index contributed by atoms with van der Waals surface area (Å²) >= 11 is 0. The zero-order valence-corrected chi connectivity index (χ0v) is 20.2. The molecule has 10 heteroatoms. The van der Waals surface area contributed by atoms with E-state index in [4.69, 9.17) is 21.0 Å². The molecule has 4 rings (SSSR count). The Bertz CT molecular complexity index is 1320. The average molecular weight is 497 g/mol. The van der Waals surface area contributed by atoms with Crippen LogP contribution in [0, 0.1) is 5.41 Å². The lowest BCUT2D eigenvalue weighted by atomic mass is 10.1. The Morgan fingerprint density at radius 2 is 1.51 bits per heavy atom. The number of benzene rings is 3. The second-order valence-electron chi connectivity index (χ2n) is 8.07. The normalized spacial score (nSPS) is 14.1. The van der Waals surface area contributed by atoms with E-state index in [9.17, 15) is 13.2 Å². The highest BCUT2D eigenvalue weighted by molar-refractivity contribution is 7.89. The van der Waals surface area contributed by atoms with Crippen molar-refractivity contribution in [3.63, 3.8) is 0 Å². The Balaban J connectivity index is 0.000000795. The number of aliphatic carboxylic acids is 1. The van der Waals surface area contributed by atoms with Crippen molar-refractivity contribution in [2.45, 2.75) is 18.2 Å². The first kappa shape index (κ1) is 25.9. The summed E-state index contributed by atoms with van der Waals surface area (Å²) in [7, 11) is -3.65. The summed E-state index contributed by atoms with van der Waals surface area (Å²) in [6.45, 7) is 2.32. The van der Waals surface area contributed by atoms with Crippen LogP contribution in [0.15, 0.2) is 71.6 Å². The number of hydrogen-bond donors (Lipinski definition) is 3. The number of amides is 1. The highest BCUT2D eigenvalue weighted by Gasteiger charge is 2.31. The van der Waals surface area contributed by atoms with Crippen LogP contribution in [0.5, 0.6) is 0 Å². The Labute approximate surface area is 204 Å². The minimum Gasteiger partial charge on any atom is -0.481 e. The van der Waals surface area contributed by atoms with Gasteiger partial charge in [-0.25, -0.2) is 8.42 Å². The maximum absolute atomic E-state index is 13.3. The van der Waals surface area contributed by atoms with Gasteiger partial charge in [-0.15, -0.1) is 0 Å². The smallest absolute Gasteiger partial charge is 0.300 e. The molecule has 4 N–H and O–H groups in total. The number of carboxylic acid groups (broad SMARTS) is 1. The molecule has 1 aliphatic rings. The van der Waals surface area contributed by atoms with Gasteiger partial charge in [0.2, 0.25) is 15.9 Å². The van der Waals surface area contributed by atoms with E-state index in [0.717, 1.165) is 17.9 Å². The molecule has 9 nitrogen and oxygen atoms in total. The molecule has 1 saturated heterocycles. The van der Waals surface area contributed by atoms with Gasteiger partial charge in [0.05, 0.1) is 11.3 Å². The zero-order valence-electron chi connectivity index (χ0n) is 19.3. The fourth-order valence-corrected chi connectivity index (χ4v) is 5.46. The van der Waals surface area contributed by atoms with E-state index in [1.165, 1.54) is 4.31 Å².